The molecule has 0 aliphatic rings. The zero-order valence-electron chi connectivity index (χ0n) is 11.3. The number of methoxy groups -OCH3 is 2. The van der Waals surface area contributed by atoms with Crippen molar-refractivity contribution in [3.8, 4) is 11.5 Å². The Bertz CT molecular complexity index is 678. The molecule has 1 aromatic heterocycles. The highest BCUT2D eigenvalue weighted by Crippen LogP contribution is 2.32. The monoisotopic (exact) mass is 309 g/mol. The highest BCUT2D eigenvalue weighted by Gasteiger charge is 2.15. The van der Waals surface area contributed by atoms with Gasteiger partial charge in [-0.15, -0.1) is 0 Å². The molecule has 0 aliphatic carbocycles. The maximum absolute atomic E-state index is 11.2. The van der Waals surface area contributed by atoms with E-state index in [2.05, 4.69) is 15.3 Å². The lowest BCUT2D eigenvalue weighted by atomic mass is 10.2. The number of hydrogen-bond donors (Lipinski definition) is 2. The Hall–Kier alpha value is -2.54. The molecule has 0 amide bonds. The van der Waals surface area contributed by atoms with Gasteiger partial charge in [0.2, 0.25) is 5.28 Å². The molecule has 2 aromatic rings. The van der Waals surface area contributed by atoms with E-state index in [0.29, 0.717) is 17.2 Å². The van der Waals surface area contributed by atoms with Gasteiger partial charge in [0.05, 0.1) is 19.9 Å². The molecule has 2 N–H and O–H groups in total. The van der Waals surface area contributed by atoms with E-state index in [1.807, 2.05) is 0 Å². The predicted octanol–water partition coefficient (Wildman–Crippen LogP) is 2.59. The van der Waals surface area contributed by atoms with Crippen molar-refractivity contribution >= 4 is 29.1 Å². The average molecular weight is 310 g/mol. The van der Waals surface area contributed by atoms with Crippen LogP contribution in [0.25, 0.3) is 0 Å². The summed E-state index contributed by atoms with van der Waals surface area (Å²) in [5, 5.41) is 11.9. The molecule has 0 atom stereocenters. The molecule has 2 rings (SSSR count). The van der Waals surface area contributed by atoms with Crippen LogP contribution in [0.3, 0.4) is 0 Å². The van der Waals surface area contributed by atoms with Gasteiger partial charge in [-0.2, -0.15) is 4.98 Å². The van der Waals surface area contributed by atoms with E-state index in [1.165, 1.54) is 14.2 Å². The van der Waals surface area contributed by atoms with Gasteiger partial charge in [-0.3, -0.25) is 0 Å². The summed E-state index contributed by atoms with van der Waals surface area (Å²) < 4.78 is 10.3. The first kappa shape index (κ1) is 14.9. The zero-order chi connectivity index (χ0) is 15.4. The molecule has 8 heteroatoms. The fourth-order valence-electron chi connectivity index (χ4n) is 1.64. The number of hydrogen-bond acceptors (Lipinski definition) is 6. The summed E-state index contributed by atoms with van der Waals surface area (Å²) in [5.41, 5.74) is 0.424. The quantitative estimate of drug-likeness (QED) is 0.820. The van der Waals surface area contributed by atoms with Crippen molar-refractivity contribution < 1.29 is 19.4 Å². The van der Waals surface area contributed by atoms with Crippen LogP contribution in [0.4, 0.5) is 11.5 Å². The van der Waals surface area contributed by atoms with Crippen molar-refractivity contribution in [2.45, 2.75) is 0 Å². The lowest BCUT2D eigenvalue weighted by molar-refractivity contribution is 0.0697. The van der Waals surface area contributed by atoms with Crippen LogP contribution in [-0.4, -0.2) is 35.3 Å². The van der Waals surface area contributed by atoms with Gasteiger partial charge < -0.3 is 19.9 Å². The molecule has 1 aromatic carbocycles. The van der Waals surface area contributed by atoms with E-state index in [0.717, 1.165) is 6.20 Å². The third-order valence-electron chi connectivity index (χ3n) is 2.65. The van der Waals surface area contributed by atoms with Gasteiger partial charge >= 0.3 is 5.97 Å². The minimum absolute atomic E-state index is 0.0602. The van der Waals surface area contributed by atoms with Crippen molar-refractivity contribution in [1.82, 2.24) is 9.97 Å². The van der Waals surface area contributed by atoms with Crippen molar-refractivity contribution in [1.29, 1.82) is 0 Å². The molecule has 0 saturated heterocycles. The van der Waals surface area contributed by atoms with Crippen molar-refractivity contribution in [2.24, 2.45) is 0 Å². The second-order valence-electron chi connectivity index (χ2n) is 3.90. The van der Waals surface area contributed by atoms with Crippen LogP contribution >= 0.6 is 11.6 Å². The van der Waals surface area contributed by atoms with Gasteiger partial charge in [0.25, 0.3) is 0 Å². The summed E-state index contributed by atoms with van der Waals surface area (Å²) in [6, 6.07) is 5.04. The average Bonchev–Trinajstić information content (AvgIpc) is 2.47. The van der Waals surface area contributed by atoms with Gasteiger partial charge in [-0.25, -0.2) is 9.78 Å². The van der Waals surface area contributed by atoms with Gasteiger partial charge in [0.1, 0.15) is 22.9 Å². The number of carboxylic acid groups (broad SMARTS) is 1. The predicted molar refractivity (Wildman–Crippen MR) is 76.8 cm³/mol. The molecule has 0 bridgehead atoms. The smallest absolute Gasteiger partial charge is 0.341 e. The van der Waals surface area contributed by atoms with Gasteiger partial charge in [-0.05, 0) is 23.7 Å². The summed E-state index contributed by atoms with van der Waals surface area (Å²) in [4.78, 5) is 18.7. The Labute approximate surface area is 125 Å². The second kappa shape index (κ2) is 6.27. The maximum Gasteiger partial charge on any atom is 0.341 e. The first-order valence-corrected chi connectivity index (χ1v) is 6.18. The van der Waals surface area contributed by atoms with E-state index in [1.54, 1.807) is 18.2 Å². The third kappa shape index (κ3) is 3.32. The van der Waals surface area contributed by atoms with Crippen LogP contribution in [0, 0.1) is 0 Å². The molecule has 21 heavy (non-hydrogen) atoms. The number of aromatic carboxylic acids is 1. The highest BCUT2D eigenvalue weighted by atomic mass is 35.5. The normalized spacial score (nSPS) is 10.0. The summed E-state index contributed by atoms with van der Waals surface area (Å²) in [7, 11) is 3.03. The van der Waals surface area contributed by atoms with E-state index in [9.17, 15) is 4.79 Å². The number of aromatic nitrogens is 2. The largest absolute Gasteiger partial charge is 0.497 e. The second-order valence-corrected chi connectivity index (χ2v) is 4.24. The Morgan fingerprint density at radius 3 is 2.71 bits per heavy atom. The van der Waals surface area contributed by atoms with Crippen LogP contribution in [-0.2, 0) is 0 Å². The standard InChI is InChI=1S/C13H12ClN3O4/c1-20-7-3-4-9(10(5-7)21-2)16-11-8(12(18)19)6-15-13(14)17-11/h3-6H,1-2H3,(H,18,19)(H,15,16,17). The van der Waals surface area contributed by atoms with Crippen LogP contribution in [0.5, 0.6) is 11.5 Å². The molecule has 7 nitrogen and oxygen atoms in total. The van der Waals surface area contributed by atoms with E-state index < -0.39 is 5.97 Å². The van der Waals surface area contributed by atoms with Crippen molar-refractivity contribution in [2.75, 3.05) is 19.5 Å². The molecular formula is C13H12ClN3O4. The molecule has 110 valence electrons. The number of carbonyl (C=O) groups is 1. The number of nitrogens with one attached hydrogen (secondary N) is 1. The lowest BCUT2D eigenvalue weighted by Gasteiger charge is -2.13. The molecule has 0 radical (unpaired) electrons. The zero-order valence-corrected chi connectivity index (χ0v) is 12.0. The van der Waals surface area contributed by atoms with Gasteiger partial charge in [-0.1, -0.05) is 0 Å². The SMILES string of the molecule is COc1ccc(Nc2nc(Cl)ncc2C(=O)O)c(OC)c1. The summed E-state index contributed by atoms with van der Waals surface area (Å²) in [6.45, 7) is 0. The van der Waals surface area contributed by atoms with E-state index >= 15 is 0 Å². The molecular weight excluding hydrogens is 298 g/mol. The Balaban J connectivity index is 2.42. The third-order valence-corrected chi connectivity index (χ3v) is 2.83. The Morgan fingerprint density at radius 2 is 2.10 bits per heavy atom. The molecule has 0 saturated carbocycles. The summed E-state index contributed by atoms with van der Waals surface area (Å²) >= 11 is 5.70. The molecule has 0 aliphatic heterocycles. The number of anilines is 2. The highest BCUT2D eigenvalue weighted by molar-refractivity contribution is 6.28. The number of halogens is 1. The number of carboxylic acids is 1. The minimum atomic E-state index is -1.17. The van der Waals surface area contributed by atoms with Crippen LogP contribution in [0.1, 0.15) is 10.4 Å². The van der Waals surface area contributed by atoms with Gasteiger partial charge in [0, 0.05) is 12.3 Å². The van der Waals surface area contributed by atoms with Crippen LogP contribution < -0.4 is 14.8 Å². The first-order chi connectivity index (χ1) is 10.0. The van der Waals surface area contributed by atoms with Crippen molar-refractivity contribution in [3.63, 3.8) is 0 Å². The maximum atomic E-state index is 11.2. The van der Waals surface area contributed by atoms with Crippen LogP contribution in [0.2, 0.25) is 5.28 Å². The van der Waals surface area contributed by atoms with E-state index in [4.69, 9.17) is 26.2 Å². The molecule has 0 fully saturated rings. The number of ether oxygens (including phenoxy) is 2. The summed E-state index contributed by atoms with van der Waals surface area (Å²) in [5.74, 6) is -0.00962. The summed E-state index contributed by atoms with van der Waals surface area (Å²) in [6.07, 6.45) is 1.13. The first-order valence-electron chi connectivity index (χ1n) is 5.80. The molecule has 0 spiro atoms. The Morgan fingerprint density at radius 1 is 1.33 bits per heavy atom. The van der Waals surface area contributed by atoms with Gasteiger partial charge in [0.15, 0.2) is 0 Å². The number of nitrogens with zero attached hydrogens (tertiary/aromatic N) is 2. The fourth-order valence-corrected chi connectivity index (χ4v) is 1.77. The van der Waals surface area contributed by atoms with Crippen LogP contribution in [0.15, 0.2) is 24.4 Å². The fraction of sp³-hybridized carbons (Fsp3) is 0.154. The number of rotatable bonds is 5. The molecule has 1 heterocycles. The Kier molecular flexibility index (Phi) is 4.44. The lowest BCUT2D eigenvalue weighted by Crippen LogP contribution is -2.07. The molecule has 0 unspecified atom stereocenters. The minimum Gasteiger partial charge on any atom is -0.497 e. The van der Waals surface area contributed by atoms with E-state index in [-0.39, 0.29) is 16.7 Å². The number of benzene rings is 1. The topological polar surface area (TPSA) is 93.6 Å². The van der Waals surface area contributed by atoms with Crippen molar-refractivity contribution in [3.05, 3.63) is 35.2 Å².